The molecule has 4 rings (SSSR count). The molecule has 134 valence electrons. The Kier molecular flexibility index (Phi) is 4.30. The minimum Gasteiger partial charge on any atom is -0.397 e. The van der Waals surface area contributed by atoms with Gasteiger partial charge in [0, 0.05) is 23.2 Å². The predicted molar refractivity (Wildman–Crippen MR) is 108 cm³/mol. The number of hydrogen-bond donors (Lipinski definition) is 2. The molecule has 0 aliphatic heterocycles. The average molecular weight is 396 g/mol. The summed E-state index contributed by atoms with van der Waals surface area (Å²) >= 11 is 2.81. The lowest BCUT2D eigenvalue weighted by Gasteiger charge is -2.04. The Morgan fingerprint density at radius 3 is 2.59 bits per heavy atom. The number of thiophene rings is 2. The molecular weight excluding hydrogens is 384 g/mol. The van der Waals surface area contributed by atoms with E-state index in [1.54, 1.807) is 11.3 Å². The molecule has 0 atom stereocenters. The Morgan fingerprint density at radius 1 is 1.15 bits per heavy atom. The van der Waals surface area contributed by atoms with Gasteiger partial charge >= 0.3 is 0 Å². The number of nitrogens with zero attached hydrogens (tertiary/aromatic N) is 2. The maximum absolute atomic E-state index is 12.6. The minimum absolute atomic E-state index is 0.0420. The molecule has 1 aromatic carbocycles. The van der Waals surface area contributed by atoms with Crippen LogP contribution in [0.25, 0.3) is 20.8 Å². The van der Waals surface area contributed by atoms with E-state index in [-0.39, 0.29) is 11.6 Å². The maximum atomic E-state index is 12.6. The van der Waals surface area contributed by atoms with Crippen molar-refractivity contribution in [3.63, 3.8) is 0 Å². The first-order valence-corrected chi connectivity index (χ1v) is 9.51. The van der Waals surface area contributed by atoms with Crippen LogP contribution in [0.2, 0.25) is 0 Å². The molecule has 9 heteroatoms. The zero-order chi connectivity index (χ0) is 19.0. The summed E-state index contributed by atoms with van der Waals surface area (Å²) in [6.07, 6.45) is 0. The molecule has 27 heavy (non-hydrogen) atoms. The summed E-state index contributed by atoms with van der Waals surface area (Å²) in [4.78, 5) is 29.5. The van der Waals surface area contributed by atoms with Crippen LogP contribution >= 0.6 is 22.7 Å². The first-order valence-electron chi connectivity index (χ1n) is 7.81. The molecular formula is C18H12N4O3S2. The highest BCUT2D eigenvalue weighted by Gasteiger charge is 2.18. The normalized spacial score (nSPS) is 10.8. The molecule has 3 aromatic heterocycles. The van der Waals surface area contributed by atoms with Gasteiger partial charge < -0.3 is 11.1 Å². The topological polar surface area (TPSA) is 111 Å². The number of nitro benzene ring substituents is 1. The maximum Gasteiger partial charge on any atom is 0.269 e. The van der Waals surface area contributed by atoms with Crippen molar-refractivity contribution in [3.8, 4) is 10.6 Å². The second-order valence-corrected chi connectivity index (χ2v) is 7.58. The number of amides is 1. The highest BCUT2D eigenvalue weighted by atomic mass is 32.1. The highest BCUT2D eigenvalue weighted by molar-refractivity contribution is 7.21. The van der Waals surface area contributed by atoms with Gasteiger partial charge in [-0.15, -0.1) is 22.7 Å². The van der Waals surface area contributed by atoms with Crippen molar-refractivity contribution in [1.82, 2.24) is 4.98 Å². The number of hydrogen-bond acceptors (Lipinski definition) is 7. The third-order valence-corrected chi connectivity index (χ3v) is 5.92. The minimum atomic E-state index is -0.494. The Bertz CT molecular complexity index is 1150. The van der Waals surface area contributed by atoms with Crippen molar-refractivity contribution in [3.05, 3.63) is 68.9 Å². The molecule has 0 unspecified atom stereocenters. The second kappa shape index (κ2) is 6.78. The third kappa shape index (κ3) is 3.25. The summed E-state index contributed by atoms with van der Waals surface area (Å²) < 4.78 is 0. The van der Waals surface area contributed by atoms with E-state index in [9.17, 15) is 14.9 Å². The largest absolute Gasteiger partial charge is 0.397 e. The molecule has 3 N–H and O–H groups in total. The average Bonchev–Trinajstić information content (AvgIpc) is 3.30. The fourth-order valence-corrected chi connectivity index (χ4v) is 4.27. The van der Waals surface area contributed by atoms with Crippen LogP contribution in [0.1, 0.15) is 9.67 Å². The number of carbonyl (C=O) groups excluding carboxylic acids is 1. The van der Waals surface area contributed by atoms with Crippen molar-refractivity contribution in [2.24, 2.45) is 0 Å². The van der Waals surface area contributed by atoms with Gasteiger partial charge in [-0.05, 0) is 35.7 Å². The van der Waals surface area contributed by atoms with Crippen molar-refractivity contribution in [2.45, 2.75) is 0 Å². The summed E-state index contributed by atoms with van der Waals surface area (Å²) in [6.45, 7) is 0. The Labute approximate surface area is 161 Å². The zero-order valence-electron chi connectivity index (χ0n) is 13.7. The number of nitrogens with one attached hydrogen (secondary N) is 1. The third-order valence-electron chi connectivity index (χ3n) is 3.91. The Morgan fingerprint density at radius 2 is 1.93 bits per heavy atom. The molecule has 0 saturated carbocycles. The van der Waals surface area contributed by atoms with Crippen LogP contribution in [-0.4, -0.2) is 15.8 Å². The fourth-order valence-electron chi connectivity index (χ4n) is 2.58. The number of fused-ring (bicyclic) bond motifs is 1. The van der Waals surface area contributed by atoms with Gasteiger partial charge in [0.1, 0.15) is 9.71 Å². The van der Waals surface area contributed by atoms with Gasteiger partial charge in [0.05, 0.1) is 21.2 Å². The summed E-state index contributed by atoms with van der Waals surface area (Å²) in [5.74, 6) is -0.373. The molecule has 0 bridgehead atoms. The quantitative estimate of drug-likeness (QED) is 0.381. The van der Waals surface area contributed by atoms with E-state index in [4.69, 9.17) is 5.73 Å². The van der Waals surface area contributed by atoms with Crippen molar-refractivity contribution >= 4 is 55.9 Å². The number of nitrogens with two attached hydrogens (primary N) is 1. The number of benzene rings is 1. The monoisotopic (exact) mass is 396 g/mol. The number of anilines is 2. The first kappa shape index (κ1) is 17.1. The Hall–Kier alpha value is -3.30. The number of non-ortho nitro benzene ring substituents is 1. The standard InChI is InChI=1S/C18H12N4O3S2/c19-15-12-7-8-13(14-2-1-9-26-14)21-18(12)27-16(15)17(23)20-10-3-5-11(6-4-10)22(24)25/h1-9H,19H2,(H,20,23). The summed E-state index contributed by atoms with van der Waals surface area (Å²) in [6, 6.07) is 13.3. The van der Waals surface area contributed by atoms with Crippen LogP contribution in [0.3, 0.4) is 0 Å². The van der Waals surface area contributed by atoms with E-state index < -0.39 is 4.92 Å². The van der Waals surface area contributed by atoms with Gasteiger partial charge in [0.15, 0.2) is 0 Å². The van der Waals surface area contributed by atoms with E-state index in [1.165, 1.54) is 35.6 Å². The van der Waals surface area contributed by atoms with Gasteiger partial charge in [-0.25, -0.2) is 4.98 Å². The van der Waals surface area contributed by atoms with Crippen LogP contribution in [0.15, 0.2) is 53.9 Å². The molecule has 0 aliphatic carbocycles. The van der Waals surface area contributed by atoms with Gasteiger partial charge in [0.25, 0.3) is 11.6 Å². The lowest BCUT2D eigenvalue weighted by atomic mass is 10.2. The van der Waals surface area contributed by atoms with Gasteiger partial charge in [0.2, 0.25) is 0 Å². The molecule has 4 aromatic rings. The first-order chi connectivity index (χ1) is 13.0. The number of pyridine rings is 1. The Balaban J connectivity index is 1.63. The molecule has 0 aliphatic rings. The molecule has 1 amide bonds. The fraction of sp³-hybridized carbons (Fsp3) is 0. The van der Waals surface area contributed by atoms with Crippen molar-refractivity contribution in [1.29, 1.82) is 0 Å². The van der Waals surface area contributed by atoms with Crippen LogP contribution in [0.4, 0.5) is 17.1 Å². The number of nitro groups is 1. The number of aromatic nitrogens is 1. The SMILES string of the molecule is Nc1c(C(=O)Nc2ccc([N+](=O)[O-])cc2)sc2nc(-c3cccs3)ccc12. The van der Waals surface area contributed by atoms with Gasteiger partial charge in [-0.2, -0.15) is 0 Å². The molecule has 0 spiro atoms. The lowest BCUT2D eigenvalue weighted by Crippen LogP contribution is -2.11. The van der Waals surface area contributed by atoms with Gasteiger partial charge in [-0.1, -0.05) is 6.07 Å². The van der Waals surface area contributed by atoms with E-state index in [0.29, 0.717) is 21.1 Å². The number of carbonyl (C=O) groups is 1. The van der Waals surface area contributed by atoms with Crippen molar-refractivity contribution < 1.29 is 9.72 Å². The van der Waals surface area contributed by atoms with Crippen molar-refractivity contribution in [2.75, 3.05) is 11.1 Å². The highest BCUT2D eigenvalue weighted by Crippen LogP contribution is 2.35. The summed E-state index contributed by atoms with van der Waals surface area (Å²) in [5, 5.41) is 16.1. The predicted octanol–water partition coefficient (Wildman–Crippen LogP) is 4.77. The number of rotatable bonds is 4. The molecule has 0 fully saturated rings. The second-order valence-electron chi connectivity index (χ2n) is 5.63. The van der Waals surface area contributed by atoms with E-state index >= 15 is 0 Å². The summed E-state index contributed by atoms with van der Waals surface area (Å²) in [5.41, 5.74) is 7.77. The van der Waals surface area contributed by atoms with E-state index in [0.717, 1.165) is 16.0 Å². The van der Waals surface area contributed by atoms with Gasteiger partial charge in [-0.3, -0.25) is 14.9 Å². The van der Waals surface area contributed by atoms with Crippen LogP contribution in [-0.2, 0) is 0 Å². The lowest BCUT2D eigenvalue weighted by molar-refractivity contribution is -0.384. The summed E-state index contributed by atoms with van der Waals surface area (Å²) in [7, 11) is 0. The van der Waals surface area contributed by atoms with Crippen LogP contribution in [0, 0.1) is 10.1 Å². The molecule has 7 nitrogen and oxygen atoms in total. The number of nitrogen functional groups attached to an aromatic ring is 1. The molecule has 0 saturated heterocycles. The zero-order valence-corrected chi connectivity index (χ0v) is 15.3. The molecule has 3 heterocycles. The smallest absolute Gasteiger partial charge is 0.269 e. The van der Waals surface area contributed by atoms with Crippen LogP contribution < -0.4 is 11.1 Å². The molecule has 0 radical (unpaired) electrons. The van der Waals surface area contributed by atoms with E-state index in [1.807, 2.05) is 29.6 Å². The van der Waals surface area contributed by atoms with Crippen LogP contribution in [0.5, 0.6) is 0 Å². The van der Waals surface area contributed by atoms with E-state index in [2.05, 4.69) is 10.3 Å².